The van der Waals surface area contributed by atoms with E-state index < -0.39 is 10.0 Å². The van der Waals surface area contributed by atoms with Crippen molar-refractivity contribution in [3.8, 4) is 12.3 Å². The second kappa shape index (κ2) is 6.04. The Balaban J connectivity index is 2.60. The Morgan fingerprint density at radius 1 is 1.50 bits per heavy atom. The number of unbranched alkanes of at least 4 members (excludes halogenated alkanes) is 1. The second-order valence-electron chi connectivity index (χ2n) is 3.28. The fourth-order valence-corrected chi connectivity index (χ4v) is 3.57. The minimum absolute atomic E-state index is 0.380. The number of sulfonamides is 1. The van der Waals surface area contributed by atoms with Gasteiger partial charge in [-0.15, -0.1) is 23.7 Å². The molecular formula is C11H15NO2S2. The lowest BCUT2D eigenvalue weighted by molar-refractivity contribution is 0.582. The summed E-state index contributed by atoms with van der Waals surface area (Å²) in [4.78, 5) is 1.07. The zero-order chi connectivity index (χ0) is 12.0. The number of aryl methyl sites for hydroxylation is 1. The molecule has 1 heterocycles. The largest absolute Gasteiger partial charge is 0.250 e. The molecule has 0 bridgehead atoms. The Labute approximate surface area is 101 Å². The van der Waals surface area contributed by atoms with E-state index in [4.69, 9.17) is 6.42 Å². The van der Waals surface area contributed by atoms with Crippen molar-refractivity contribution < 1.29 is 8.42 Å². The van der Waals surface area contributed by atoms with Crippen LogP contribution in [0.5, 0.6) is 0 Å². The number of hydrogen-bond donors (Lipinski definition) is 1. The summed E-state index contributed by atoms with van der Waals surface area (Å²) in [5.41, 5.74) is 0. The summed E-state index contributed by atoms with van der Waals surface area (Å²) in [6, 6.07) is 3.49. The van der Waals surface area contributed by atoms with E-state index in [-0.39, 0.29) is 0 Å². The van der Waals surface area contributed by atoms with E-state index >= 15 is 0 Å². The molecule has 1 N–H and O–H groups in total. The third-order valence-corrected chi connectivity index (χ3v) is 5.22. The Morgan fingerprint density at radius 2 is 2.25 bits per heavy atom. The molecule has 1 rings (SSSR count). The molecule has 0 radical (unpaired) electrons. The molecule has 3 nitrogen and oxygen atoms in total. The summed E-state index contributed by atoms with van der Waals surface area (Å²) in [7, 11) is -3.33. The molecule has 0 aromatic carbocycles. The Bertz CT molecular complexity index is 468. The van der Waals surface area contributed by atoms with Crippen LogP contribution in [0.25, 0.3) is 0 Å². The van der Waals surface area contributed by atoms with Crippen LogP contribution >= 0.6 is 11.3 Å². The first-order valence-corrected chi connectivity index (χ1v) is 7.42. The lowest BCUT2D eigenvalue weighted by atomic mass is 10.3. The first-order chi connectivity index (χ1) is 7.60. The van der Waals surface area contributed by atoms with Gasteiger partial charge in [0.15, 0.2) is 0 Å². The fourth-order valence-electron chi connectivity index (χ4n) is 1.16. The minimum Gasteiger partial charge on any atom is -0.210 e. The van der Waals surface area contributed by atoms with E-state index in [1.165, 1.54) is 11.3 Å². The van der Waals surface area contributed by atoms with Crippen molar-refractivity contribution in [3.05, 3.63) is 17.0 Å². The maximum Gasteiger partial charge on any atom is 0.250 e. The van der Waals surface area contributed by atoms with Crippen LogP contribution in [0, 0.1) is 12.3 Å². The van der Waals surface area contributed by atoms with Gasteiger partial charge in [-0.2, -0.15) is 0 Å². The smallest absolute Gasteiger partial charge is 0.210 e. The third-order valence-electron chi connectivity index (χ3n) is 2.04. The SMILES string of the molecule is C#CCCCNS(=O)(=O)c1ccc(CC)s1. The highest BCUT2D eigenvalue weighted by Crippen LogP contribution is 2.21. The maximum atomic E-state index is 11.8. The van der Waals surface area contributed by atoms with Gasteiger partial charge in [-0.05, 0) is 25.0 Å². The van der Waals surface area contributed by atoms with Gasteiger partial charge in [-0.1, -0.05) is 6.92 Å². The molecule has 0 fully saturated rings. The van der Waals surface area contributed by atoms with Crippen molar-refractivity contribution in [2.75, 3.05) is 6.54 Å². The zero-order valence-electron chi connectivity index (χ0n) is 9.19. The molecule has 0 aliphatic rings. The lowest BCUT2D eigenvalue weighted by Gasteiger charge is -2.02. The van der Waals surface area contributed by atoms with Crippen molar-refractivity contribution >= 4 is 21.4 Å². The van der Waals surface area contributed by atoms with Gasteiger partial charge in [-0.3, -0.25) is 0 Å². The van der Waals surface area contributed by atoms with Gasteiger partial charge in [-0.25, -0.2) is 13.1 Å². The summed E-state index contributed by atoms with van der Waals surface area (Å²) in [6.07, 6.45) is 7.20. The molecule has 1 aromatic heterocycles. The van der Waals surface area contributed by atoms with Crippen LogP contribution in [0.4, 0.5) is 0 Å². The van der Waals surface area contributed by atoms with Crippen LogP contribution in [0.15, 0.2) is 16.3 Å². The molecule has 16 heavy (non-hydrogen) atoms. The highest BCUT2D eigenvalue weighted by Gasteiger charge is 2.15. The molecule has 88 valence electrons. The van der Waals surface area contributed by atoms with Gasteiger partial charge >= 0.3 is 0 Å². The fraction of sp³-hybridized carbons (Fsp3) is 0.455. The van der Waals surface area contributed by atoms with E-state index in [2.05, 4.69) is 10.6 Å². The van der Waals surface area contributed by atoms with Crippen LogP contribution in [-0.4, -0.2) is 15.0 Å². The Hall–Kier alpha value is -0.830. The normalized spacial score (nSPS) is 11.2. The van der Waals surface area contributed by atoms with Gasteiger partial charge in [0.05, 0.1) is 0 Å². The van der Waals surface area contributed by atoms with Crippen molar-refractivity contribution in [2.24, 2.45) is 0 Å². The average Bonchev–Trinajstić information content (AvgIpc) is 2.73. The maximum absolute atomic E-state index is 11.8. The molecule has 5 heteroatoms. The van der Waals surface area contributed by atoms with E-state index in [0.717, 1.165) is 11.3 Å². The van der Waals surface area contributed by atoms with Crippen LogP contribution in [-0.2, 0) is 16.4 Å². The molecule has 0 spiro atoms. The van der Waals surface area contributed by atoms with Crippen LogP contribution < -0.4 is 4.72 Å². The molecule has 0 aliphatic carbocycles. The first-order valence-electron chi connectivity index (χ1n) is 5.12. The van der Waals surface area contributed by atoms with Gasteiger partial charge in [0.1, 0.15) is 4.21 Å². The van der Waals surface area contributed by atoms with Crippen LogP contribution in [0.1, 0.15) is 24.6 Å². The summed E-state index contributed by atoms with van der Waals surface area (Å²) < 4.78 is 26.5. The lowest BCUT2D eigenvalue weighted by Crippen LogP contribution is -2.23. The van der Waals surface area contributed by atoms with Gasteiger partial charge in [0.2, 0.25) is 10.0 Å². The molecule has 0 saturated heterocycles. The summed E-state index contributed by atoms with van der Waals surface area (Å²) >= 11 is 1.31. The third kappa shape index (κ3) is 3.63. The van der Waals surface area contributed by atoms with E-state index in [9.17, 15) is 8.42 Å². The first kappa shape index (κ1) is 13.2. The zero-order valence-corrected chi connectivity index (χ0v) is 10.8. The van der Waals surface area contributed by atoms with Crippen molar-refractivity contribution in [1.29, 1.82) is 0 Å². The monoisotopic (exact) mass is 257 g/mol. The summed E-state index contributed by atoms with van der Waals surface area (Å²) in [5, 5.41) is 0. The predicted octanol–water partition coefficient (Wildman–Crippen LogP) is 2.00. The minimum atomic E-state index is -3.33. The number of terminal acetylenes is 1. The van der Waals surface area contributed by atoms with E-state index in [0.29, 0.717) is 23.6 Å². The average molecular weight is 257 g/mol. The highest BCUT2D eigenvalue weighted by molar-refractivity contribution is 7.91. The molecule has 0 amide bonds. The second-order valence-corrected chi connectivity index (χ2v) is 6.44. The molecule has 1 aromatic rings. The van der Waals surface area contributed by atoms with Gasteiger partial charge < -0.3 is 0 Å². The van der Waals surface area contributed by atoms with Crippen LogP contribution in [0.2, 0.25) is 0 Å². The topological polar surface area (TPSA) is 46.2 Å². The highest BCUT2D eigenvalue weighted by atomic mass is 32.2. The predicted molar refractivity (Wildman–Crippen MR) is 67.0 cm³/mol. The number of hydrogen-bond acceptors (Lipinski definition) is 3. The number of rotatable bonds is 6. The molecule has 0 atom stereocenters. The quantitative estimate of drug-likeness (QED) is 0.626. The van der Waals surface area contributed by atoms with Gasteiger partial charge in [0, 0.05) is 17.8 Å². The van der Waals surface area contributed by atoms with E-state index in [1.54, 1.807) is 6.07 Å². The standard InChI is InChI=1S/C11H15NO2S2/c1-3-5-6-9-12-16(13,14)11-8-7-10(4-2)15-11/h1,7-8,12H,4-6,9H2,2H3. The Morgan fingerprint density at radius 3 is 2.81 bits per heavy atom. The molecule has 0 unspecified atom stereocenters. The van der Waals surface area contributed by atoms with Crippen LogP contribution in [0.3, 0.4) is 0 Å². The number of nitrogens with one attached hydrogen (secondary N) is 1. The number of thiophene rings is 1. The van der Waals surface area contributed by atoms with Crippen molar-refractivity contribution in [2.45, 2.75) is 30.4 Å². The molecule has 0 aliphatic heterocycles. The molecule has 0 saturated carbocycles. The summed E-state index contributed by atoms with van der Waals surface area (Å²) in [5.74, 6) is 2.47. The van der Waals surface area contributed by atoms with Crippen molar-refractivity contribution in [1.82, 2.24) is 4.72 Å². The van der Waals surface area contributed by atoms with Crippen molar-refractivity contribution in [3.63, 3.8) is 0 Å². The summed E-state index contributed by atoms with van der Waals surface area (Å²) in [6.45, 7) is 2.40. The Kier molecular flexibility index (Phi) is 5.00. The molecular weight excluding hydrogens is 242 g/mol. The van der Waals surface area contributed by atoms with E-state index in [1.807, 2.05) is 13.0 Å². The van der Waals surface area contributed by atoms with Gasteiger partial charge in [0.25, 0.3) is 0 Å².